The number of hydrogen-bond acceptors (Lipinski definition) is 3. The Morgan fingerprint density at radius 3 is 2.25 bits per heavy atom. The van der Waals surface area contributed by atoms with Crippen LogP contribution in [0.25, 0.3) is 0 Å². The molecule has 0 aliphatic carbocycles. The first-order valence-electron chi connectivity index (χ1n) is 5.87. The van der Waals surface area contributed by atoms with Gasteiger partial charge in [0.25, 0.3) is 0 Å². The lowest BCUT2D eigenvalue weighted by atomic mass is 9.93. The fraction of sp³-hybridized carbons (Fsp3) is 0.833. The molecule has 0 saturated carbocycles. The lowest BCUT2D eigenvalue weighted by Crippen LogP contribution is -2.49. The van der Waals surface area contributed by atoms with Gasteiger partial charge in [-0.15, -0.1) is 0 Å². The molecule has 1 unspecified atom stereocenters. The Morgan fingerprint density at radius 2 is 1.81 bits per heavy atom. The van der Waals surface area contributed by atoms with E-state index < -0.39 is 5.60 Å². The van der Waals surface area contributed by atoms with E-state index in [2.05, 4.69) is 0 Å². The third-order valence-electron chi connectivity index (χ3n) is 2.73. The Kier molecular flexibility index (Phi) is 4.08. The number of likely N-dealkylation sites (tertiary alicyclic amines) is 1. The van der Waals surface area contributed by atoms with Gasteiger partial charge >= 0.3 is 0 Å². The molecule has 0 spiro atoms. The van der Waals surface area contributed by atoms with Crippen molar-refractivity contribution in [2.75, 3.05) is 6.54 Å². The molecule has 2 amide bonds. The first kappa shape index (κ1) is 13.2. The summed E-state index contributed by atoms with van der Waals surface area (Å²) in [6.45, 7) is 5.83. The SMILES string of the molecule is CC(C)CC(C)(O)CN1C(=O)CCCC1=O. The molecule has 92 valence electrons. The van der Waals surface area contributed by atoms with Crippen molar-refractivity contribution in [3.63, 3.8) is 0 Å². The molecule has 0 bridgehead atoms. The molecule has 1 saturated heterocycles. The zero-order valence-electron chi connectivity index (χ0n) is 10.3. The number of hydrogen-bond donors (Lipinski definition) is 1. The van der Waals surface area contributed by atoms with Crippen LogP contribution in [-0.2, 0) is 9.59 Å². The quantitative estimate of drug-likeness (QED) is 0.737. The Morgan fingerprint density at radius 1 is 1.31 bits per heavy atom. The van der Waals surface area contributed by atoms with E-state index in [0.717, 1.165) is 0 Å². The summed E-state index contributed by atoms with van der Waals surface area (Å²) < 4.78 is 0. The van der Waals surface area contributed by atoms with Gasteiger partial charge in [-0.3, -0.25) is 14.5 Å². The van der Waals surface area contributed by atoms with Crippen molar-refractivity contribution in [1.82, 2.24) is 4.90 Å². The molecule has 1 N–H and O–H groups in total. The smallest absolute Gasteiger partial charge is 0.229 e. The van der Waals surface area contributed by atoms with Crippen molar-refractivity contribution in [3.05, 3.63) is 0 Å². The average Bonchev–Trinajstić information content (AvgIpc) is 2.09. The first-order valence-corrected chi connectivity index (χ1v) is 5.87. The molecule has 4 heteroatoms. The van der Waals surface area contributed by atoms with Crippen LogP contribution in [0.3, 0.4) is 0 Å². The number of nitrogens with zero attached hydrogens (tertiary/aromatic N) is 1. The number of carbonyl (C=O) groups excluding carboxylic acids is 2. The van der Waals surface area contributed by atoms with E-state index in [1.54, 1.807) is 6.92 Å². The standard InChI is InChI=1S/C12H21NO3/c1-9(2)7-12(3,16)8-13-10(14)5-4-6-11(13)15/h9,16H,4-8H2,1-3H3. The van der Waals surface area contributed by atoms with E-state index >= 15 is 0 Å². The third kappa shape index (κ3) is 3.59. The van der Waals surface area contributed by atoms with Crippen LogP contribution < -0.4 is 0 Å². The summed E-state index contributed by atoms with van der Waals surface area (Å²) in [5, 5.41) is 10.1. The lowest BCUT2D eigenvalue weighted by molar-refractivity contribution is -0.152. The maximum absolute atomic E-state index is 11.6. The van der Waals surface area contributed by atoms with Crippen molar-refractivity contribution in [2.24, 2.45) is 5.92 Å². The summed E-state index contributed by atoms with van der Waals surface area (Å²) >= 11 is 0. The van der Waals surface area contributed by atoms with Gasteiger partial charge in [-0.25, -0.2) is 0 Å². The number of carbonyl (C=O) groups is 2. The van der Waals surface area contributed by atoms with Crippen LogP contribution in [0.4, 0.5) is 0 Å². The lowest BCUT2D eigenvalue weighted by Gasteiger charge is -2.33. The second-order valence-electron chi connectivity index (χ2n) is 5.32. The molecule has 4 nitrogen and oxygen atoms in total. The molecule has 1 fully saturated rings. The number of β-amino-alcohol motifs (C(OH)–C–C–N with tert-alkyl or cyclic N) is 1. The van der Waals surface area contributed by atoms with Gasteiger partial charge in [-0.1, -0.05) is 13.8 Å². The van der Waals surface area contributed by atoms with E-state index in [1.807, 2.05) is 13.8 Å². The summed E-state index contributed by atoms with van der Waals surface area (Å²) in [7, 11) is 0. The van der Waals surface area contributed by atoms with Gasteiger partial charge in [-0.2, -0.15) is 0 Å². The average molecular weight is 227 g/mol. The second kappa shape index (κ2) is 4.95. The number of piperidine rings is 1. The van der Waals surface area contributed by atoms with Crippen LogP contribution in [-0.4, -0.2) is 34.0 Å². The normalized spacial score (nSPS) is 21.4. The van der Waals surface area contributed by atoms with Crippen LogP contribution in [0, 0.1) is 5.92 Å². The van der Waals surface area contributed by atoms with Crippen molar-refractivity contribution in [2.45, 2.75) is 52.1 Å². The van der Waals surface area contributed by atoms with Crippen molar-refractivity contribution < 1.29 is 14.7 Å². The molecule has 1 heterocycles. The molecule has 0 aromatic rings. The van der Waals surface area contributed by atoms with Crippen LogP contribution in [0.2, 0.25) is 0 Å². The Labute approximate surface area is 96.6 Å². The molecular weight excluding hydrogens is 206 g/mol. The highest BCUT2D eigenvalue weighted by molar-refractivity contribution is 5.97. The summed E-state index contributed by atoms with van der Waals surface area (Å²) in [5.74, 6) is 0.0329. The maximum atomic E-state index is 11.6. The maximum Gasteiger partial charge on any atom is 0.229 e. The summed E-state index contributed by atoms with van der Waals surface area (Å²) in [5.41, 5.74) is -0.975. The molecule has 1 atom stereocenters. The highest BCUT2D eigenvalue weighted by atomic mass is 16.3. The van der Waals surface area contributed by atoms with Crippen LogP contribution >= 0.6 is 0 Å². The van der Waals surface area contributed by atoms with Crippen molar-refractivity contribution >= 4 is 11.8 Å². The molecule has 1 aliphatic rings. The molecule has 0 aromatic carbocycles. The zero-order chi connectivity index (χ0) is 12.3. The molecule has 0 aromatic heterocycles. The molecular formula is C12H21NO3. The Bertz CT molecular complexity index is 268. The fourth-order valence-electron chi connectivity index (χ4n) is 2.26. The highest BCUT2D eigenvalue weighted by Gasteiger charge is 2.33. The third-order valence-corrected chi connectivity index (χ3v) is 2.73. The van der Waals surface area contributed by atoms with Crippen molar-refractivity contribution in [1.29, 1.82) is 0 Å². The van der Waals surface area contributed by atoms with E-state index in [9.17, 15) is 14.7 Å². The van der Waals surface area contributed by atoms with Gasteiger partial charge in [0.1, 0.15) is 0 Å². The summed E-state index contributed by atoms with van der Waals surface area (Å²) in [6, 6.07) is 0. The minimum absolute atomic E-state index is 0.128. The zero-order valence-corrected chi connectivity index (χ0v) is 10.3. The highest BCUT2D eigenvalue weighted by Crippen LogP contribution is 2.21. The van der Waals surface area contributed by atoms with E-state index in [4.69, 9.17) is 0 Å². The predicted molar refractivity (Wildman–Crippen MR) is 60.6 cm³/mol. The monoisotopic (exact) mass is 227 g/mol. The fourth-order valence-corrected chi connectivity index (χ4v) is 2.26. The molecule has 1 aliphatic heterocycles. The van der Waals surface area contributed by atoms with E-state index in [0.29, 0.717) is 31.6 Å². The summed E-state index contributed by atoms with van der Waals surface area (Å²) in [4.78, 5) is 24.3. The first-order chi connectivity index (χ1) is 7.32. The van der Waals surface area contributed by atoms with Gasteiger partial charge in [0.2, 0.25) is 11.8 Å². The topological polar surface area (TPSA) is 57.6 Å². The second-order valence-corrected chi connectivity index (χ2v) is 5.32. The number of aliphatic hydroxyl groups is 1. The van der Waals surface area contributed by atoms with Crippen molar-refractivity contribution in [3.8, 4) is 0 Å². The Balaban J connectivity index is 2.63. The minimum atomic E-state index is -0.975. The number of imide groups is 1. The number of amides is 2. The van der Waals surface area contributed by atoms with Crippen LogP contribution in [0.15, 0.2) is 0 Å². The Hall–Kier alpha value is -0.900. The van der Waals surface area contributed by atoms with Gasteiger partial charge in [-0.05, 0) is 25.7 Å². The van der Waals surface area contributed by atoms with E-state index in [1.165, 1.54) is 4.90 Å². The minimum Gasteiger partial charge on any atom is -0.388 e. The predicted octanol–water partition coefficient (Wildman–Crippen LogP) is 1.32. The van der Waals surface area contributed by atoms with Gasteiger partial charge in [0.15, 0.2) is 0 Å². The number of rotatable bonds is 4. The van der Waals surface area contributed by atoms with Crippen LogP contribution in [0.5, 0.6) is 0 Å². The van der Waals surface area contributed by atoms with Gasteiger partial charge in [0, 0.05) is 12.8 Å². The molecule has 16 heavy (non-hydrogen) atoms. The van der Waals surface area contributed by atoms with E-state index in [-0.39, 0.29) is 18.4 Å². The molecule has 0 radical (unpaired) electrons. The largest absolute Gasteiger partial charge is 0.388 e. The van der Waals surface area contributed by atoms with Crippen LogP contribution in [0.1, 0.15) is 46.5 Å². The molecule has 1 rings (SSSR count). The van der Waals surface area contributed by atoms with Gasteiger partial charge < -0.3 is 5.11 Å². The van der Waals surface area contributed by atoms with Gasteiger partial charge in [0.05, 0.1) is 12.1 Å². The summed E-state index contributed by atoms with van der Waals surface area (Å²) in [6.07, 6.45) is 2.07.